The number of amides is 2. The molecule has 33 heavy (non-hydrogen) atoms. The minimum Gasteiger partial charge on any atom is -0.340 e. The third kappa shape index (κ3) is 5.32. The molecule has 2 saturated heterocycles. The molecule has 2 fully saturated rings. The molecule has 178 valence electrons. The molecule has 2 amide bonds. The zero-order chi connectivity index (χ0) is 23.8. The Bertz CT molecular complexity index is 1170. The van der Waals surface area contributed by atoms with Crippen LogP contribution in [0.15, 0.2) is 41.3 Å². The second-order valence-electron chi connectivity index (χ2n) is 8.94. The summed E-state index contributed by atoms with van der Waals surface area (Å²) in [5.74, 6) is -0.483. The van der Waals surface area contributed by atoms with E-state index in [4.69, 9.17) is 11.6 Å². The summed E-state index contributed by atoms with van der Waals surface area (Å²) in [4.78, 5) is 31.2. The fraction of sp³-hybridized carbons (Fsp3) is 0.478. The SMILES string of the molecule is CN1CCC(N(C)C(=O)CN2CCCC(NS(=O)(=O)c3ccc4cc(Cl)ccc4c3)C2=O)C1. The summed E-state index contributed by atoms with van der Waals surface area (Å²) in [6.45, 7) is 2.16. The van der Waals surface area contributed by atoms with E-state index in [2.05, 4.69) is 9.62 Å². The predicted molar refractivity (Wildman–Crippen MR) is 128 cm³/mol. The third-order valence-corrected chi connectivity index (χ3v) is 8.25. The first kappa shape index (κ1) is 23.9. The van der Waals surface area contributed by atoms with E-state index in [1.165, 1.54) is 11.0 Å². The lowest BCUT2D eigenvalue weighted by atomic mass is 10.1. The average molecular weight is 493 g/mol. The van der Waals surface area contributed by atoms with Crippen LogP contribution in [0.25, 0.3) is 10.8 Å². The number of carbonyl (C=O) groups excluding carboxylic acids is 2. The second-order valence-corrected chi connectivity index (χ2v) is 11.1. The molecule has 2 aliphatic rings. The van der Waals surface area contributed by atoms with Gasteiger partial charge in [0.1, 0.15) is 6.04 Å². The van der Waals surface area contributed by atoms with Crippen LogP contribution in [0.2, 0.25) is 5.02 Å². The number of hydrogen-bond donors (Lipinski definition) is 1. The summed E-state index contributed by atoms with van der Waals surface area (Å²) in [5, 5.41) is 2.15. The van der Waals surface area contributed by atoms with Crippen molar-refractivity contribution in [2.75, 3.05) is 40.3 Å². The Morgan fingerprint density at radius 2 is 1.88 bits per heavy atom. The van der Waals surface area contributed by atoms with Crippen molar-refractivity contribution in [3.05, 3.63) is 41.4 Å². The van der Waals surface area contributed by atoms with Crippen LogP contribution in [-0.2, 0) is 19.6 Å². The number of fused-ring (bicyclic) bond motifs is 1. The molecule has 0 spiro atoms. The van der Waals surface area contributed by atoms with E-state index >= 15 is 0 Å². The highest BCUT2D eigenvalue weighted by Gasteiger charge is 2.35. The monoisotopic (exact) mass is 492 g/mol. The number of sulfonamides is 1. The average Bonchev–Trinajstić information content (AvgIpc) is 3.21. The van der Waals surface area contributed by atoms with Crippen LogP contribution >= 0.6 is 11.6 Å². The molecule has 8 nitrogen and oxygen atoms in total. The van der Waals surface area contributed by atoms with Crippen LogP contribution in [0.1, 0.15) is 19.3 Å². The van der Waals surface area contributed by atoms with Crippen LogP contribution < -0.4 is 4.72 Å². The van der Waals surface area contributed by atoms with Crippen molar-refractivity contribution in [1.82, 2.24) is 19.4 Å². The first-order valence-electron chi connectivity index (χ1n) is 11.1. The summed E-state index contributed by atoms with van der Waals surface area (Å²) < 4.78 is 28.6. The van der Waals surface area contributed by atoms with Gasteiger partial charge in [-0.1, -0.05) is 23.7 Å². The van der Waals surface area contributed by atoms with Crippen molar-refractivity contribution in [2.45, 2.75) is 36.2 Å². The molecule has 2 aliphatic heterocycles. The van der Waals surface area contributed by atoms with E-state index in [9.17, 15) is 18.0 Å². The van der Waals surface area contributed by atoms with Crippen molar-refractivity contribution in [1.29, 1.82) is 0 Å². The molecule has 2 heterocycles. The number of carbonyl (C=O) groups is 2. The maximum Gasteiger partial charge on any atom is 0.242 e. The van der Waals surface area contributed by atoms with E-state index in [-0.39, 0.29) is 29.3 Å². The molecule has 1 N–H and O–H groups in total. The molecule has 0 aromatic heterocycles. The van der Waals surface area contributed by atoms with Gasteiger partial charge in [0, 0.05) is 31.2 Å². The van der Waals surface area contributed by atoms with Gasteiger partial charge in [0.2, 0.25) is 21.8 Å². The Morgan fingerprint density at radius 3 is 2.61 bits per heavy atom. The van der Waals surface area contributed by atoms with E-state index in [1.54, 1.807) is 42.3 Å². The van der Waals surface area contributed by atoms with Gasteiger partial charge in [-0.25, -0.2) is 8.42 Å². The standard InChI is InChI=1S/C23H29ClN4O4S/c1-26-11-9-19(14-26)27(2)22(29)15-28-10-3-4-21(23(28)30)25-33(31,32)20-8-6-16-12-18(24)7-5-17(16)13-20/h5-8,12-13,19,21,25H,3-4,9-11,14-15H2,1-2H3. The minimum atomic E-state index is -3.91. The lowest BCUT2D eigenvalue weighted by Crippen LogP contribution is -2.55. The largest absolute Gasteiger partial charge is 0.340 e. The molecule has 2 unspecified atom stereocenters. The fourth-order valence-corrected chi connectivity index (χ4v) is 5.97. The number of rotatable bonds is 6. The molecule has 10 heteroatoms. The van der Waals surface area contributed by atoms with Crippen molar-refractivity contribution < 1.29 is 18.0 Å². The lowest BCUT2D eigenvalue weighted by Gasteiger charge is -2.34. The van der Waals surface area contributed by atoms with Gasteiger partial charge in [-0.15, -0.1) is 0 Å². The van der Waals surface area contributed by atoms with Crippen LogP contribution in [0, 0.1) is 0 Å². The minimum absolute atomic E-state index is 0.0372. The summed E-state index contributed by atoms with van der Waals surface area (Å²) in [6, 6.07) is 9.24. The molecule has 2 atom stereocenters. The highest BCUT2D eigenvalue weighted by atomic mass is 35.5. The third-order valence-electron chi connectivity index (χ3n) is 6.55. The normalized spacial score (nSPS) is 22.2. The summed E-state index contributed by atoms with van der Waals surface area (Å²) in [7, 11) is -0.120. The number of likely N-dealkylation sites (N-methyl/N-ethyl adjacent to an activating group) is 2. The van der Waals surface area contributed by atoms with Crippen LogP contribution in [0.5, 0.6) is 0 Å². The number of halogens is 1. The van der Waals surface area contributed by atoms with E-state index < -0.39 is 16.1 Å². The number of nitrogens with zero attached hydrogens (tertiary/aromatic N) is 3. The number of benzene rings is 2. The topological polar surface area (TPSA) is 90.0 Å². The zero-order valence-electron chi connectivity index (χ0n) is 18.8. The van der Waals surface area contributed by atoms with E-state index in [0.717, 1.165) is 30.3 Å². The predicted octanol–water partition coefficient (Wildman–Crippen LogP) is 1.92. The maximum atomic E-state index is 13.0. The van der Waals surface area contributed by atoms with Crippen molar-refractivity contribution in [2.24, 2.45) is 0 Å². The van der Waals surface area contributed by atoms with Gasteiger partial charge in [0.15, 0.2) is 0 Å². The van der Waals surface area contributed by atoms with Gasteiger partial charge in [-0.2, -0.15) is 4.72 Å². The number of nitrogens with one attached hydrogen (secondary N) is 1. The van der Waals surface area contributed by atoms with Gasteiger partial charge in [-0.05, 0) is 67.9 Å². The number of hydrogen-bond acceptors (Lipinski definition) is 5. The Balaban J connectivity index is 1.43. The van der Waals surface area contributed by atoms with Crippen molar-refractivity contribution in [3.8, 4) is 0 Å². The van der Waals surface area contributed by atoms with Crippen LogP contribution in [0.4, 0.5) is 0 Å². The second kappa shape index (κ2) is 9.58. The smallest absolute Gasteiger partial charge is 0.242 e. The van der Waals surface area contributed by atoms with Gasteiger partial charge in [0.25, 0.3) is 0 Å². The first-order chi connectivity index (χ1) is 15.6. The molecule has 0 bridgehead atoms. The zero-order valence-corrected chi connectivity index (χ0v) is 20.4. The molecule has 4 rings (SSSR count). The molecule has 0 saturated carbocycles. The Hall–Kier alpha value is -2.20. The molecular weight excluding hydrogens is 464 g/mol. The molecule has 2 aromatic carbocycles. The number of likely N-dealkylation sites (tertiary alicyclic amines) is 2. The van der Waals surface area contributed by atoms with E-state index in [1.807, 2.05) is 7.05 Å². The number of piperidine rings is 1. The highest BCUT2D eigenvalue weighted by Crippen LogP contribution is 2.23. The molecule has 0 aliphatic carbocycles. The Morgan fingerprint density at radius 1 is 1.15 bits per heavy atom. The van der Waals surface area contributed by atoms with Crippen molar-refractivity contribution in [3.63, 3.8) is 0 Å². The van der Waals surface area contributed by atoms with Crippen LogP contribution in [-0.4, -0.2) is 87.3 Å². The first-order valence-corrected chi connectivity index (χ1v) is 12.9. The van der Waals surface area contributed by atoms with Crippen LogP contribution in [0.3, 0.4) is 0 Å². The lowest BCUT2D eigenvalue weighted by molar-refractivity contribution is -0.143. The maximum absolute atomic E-state index is 13.0. The Kier molecular flexibility index (Phi) is 6.95. The fourth-order valence-electron chi connectivity index (χ4n) is 4.53. The quantitative estimate of drug-likeness (QED) is 0.665. The summed E-state index contributed by atoms with van der Waals surface area (Å²) in [5.41, 5.74) is 0. The van der Waals surface area contributed by atoms with Gasteiger partial charge in [-0.3, -0.25) is 9.59 Å². The highest BCUT2D eigenvalue weighted by molar-refractivity contribution is 7.89. The molecular formula is C23H29ClN4O4S. The van der Waals surface area contributed by atoms with Crippen molar-refractivity contribution >= 4 is 44.2 Å². The summed E-state index contributed by atoms with van der Waals surface area (Å²) >= 11 is 6.00. The van der Waals surface area contributed by atoms with Gasteiger partial charge < -0.3 is 14.7 Å². The van der Waals surface area contributed by atoms with Gasteiger partial charge >= 0.3 is 0 Å². The molecule has 2 aromatic rings. The summed E-state index contributed by atoms with van der Waals surface area (Å²) in [6.07, 6.45) is 1.93. The van der Waals surface area contributed by atoms with E-state index in [0.29, 0.717) is 24.4 Å². The van der Waals surface area contributed by atoms with Gasteiger partial charge in [0.05, 0.1) is 11.4 Å². The Labute approximate surface area is 199 Å². The molecule has 0 radical (unpaired) electrons.